The van der Waals surface area contributed by atoms with E-state index in [0.717, 1.165) is 26.2 Å². The van der Waals surface area contributed by atoms with Gasteiger partial charge in [-0.15, -0.1) is 11.3 Å². The van der Waals surface area contributed by atoms with Crippen molar-refractivity contribution in [1.29, 1.82) is 0 Å². The zero-order valence-corrected chi connectivity index (χ0v) is 14.2. The van der Waals surface area contributed by atoms with Crippen molar-refractivity contribution in [1.82, 2.24) is 10.2 Å². The van der Waals surface area contributed by atoms with Crippen molar-refractivity contribution in [2.45, 2.75) is 65.5 Å². The predicted molar refractivity (Wildman–Crippen MR) is 86.2 cm³/mol. The van der Waals surface area contributed by atoms with E-state index in [1.165, 1.54) is 9.75 Å². The van der Waals surface area contributed by atoms with Gasteiger partial charge >= 0.3 is 0 Å². The summed E-state index contributed by atoms with van der Waals surface area (Å²) in [6.07, 6.45) is 0.696. The SMILES string of the molecule is C[C@@H]1CN(Cc2ccc(CNC(C)(C)C)s2)C[C@H](C)O1. The minimum Gasteiger partial charge on any atom is -0.373 e. The summed E-state index contributed by atoms with van der Waals surface area (Å²) in [5, 5.41) is 3.55. The number of nitrogens with one attached hydrogen (secondary N) is 1. The molecule has 114 valence electrons. The van der Waals surface area contributed by atoms with Gasteiger partial charge in [-0.05, 0) is 46.8 Å². The fourth-order valence-corrected chi connectivity index (χ4v) is 3.59. The number of ether oxygens (including phenoxy) is 1. The molecule has 0 unspecified atom stereocenters. The molecular formula is C16H28N2OS. The first-order valence-corrected chi connectivity index (χ1v) is 8.34. The van der Waals surface area contributed by atoms with Crippen LogP contribution in [0.1, 0.15) is 44.4 Å². The summed E-state index contributed by atoms with van der Waals surface area (Å²) in [5.41, 5.74) is 0.180. The van der Waals surface area contributed by atoms with E-state index in [-0.39, 0.29) is 5.54 Å². The van der Waals surface area contributed by atoms with Crippen molar-refractivity contribution in [2.24, 2.45) is 0 Å². The van der Waals surface area contributed by atoms with Gasteiger partial charge < -0.3 is 10.1 Å². The average molecular weight is 296 g/mol. The topological polar surface area (TPSA) is 24.5 Å². The molecular weight excluding hydrogens is 268 g/mol. The van der Waals surface area contributed by atoms with Crippen molar-refractivity contribution in [3.05, 3.63) is 21.9 Å². The standard InChI is InChI=1S/C16H28N2OS/c1-12-9-18(10-13(2)19-12)11-15-7-6-14(20-15)8-17-16(3,4)5/h6-7,12-13,17H,8-11H2,1-5H3/t12-,13+. The fraction of sp³-hybridized carbons (Fsp3) is 0.750. The largest absolute Gasteiger partial charge is 0.373 e. The van der Waals surface area contributed by atoms with Gasteiger partial charge in [0.1, 0.15) is 0 Å². The zero-order chi connectivity index (χ0) is 14.8. The number of morpholine rings is 1. The van der Waals surface area contributed by atoms with E-state index in [1.807, 2.05) is 11.3 Å². The maximum Gasteiger partial charge on any atom is 0.0678 e. The Balaban J connectivity index is 1.86. The second-order valence-electron chi connectivity index (χ2n) is 6.92. The average Bonchev–Trinajstić information content (AvgIpc) is 2.72. The lowest BCUT2D eigenvalue weighted by molar-refractivity contribution is -0.0702. The molecule has 0 radical (unpaired) electrons. The lowest BCUT2D eigenvalue weighted by Gasteiger charge is -2.35. The molecule has 0 spiro atoms. The molecule has 0 saturated carbocycles. The lowest BCUT2D eigenvalue weighted by Crippen LogP contribution is -2.44. The Morgan fingerprint density at radius 2 is 1.80 bits per heavy atom. The Morgan fingerprint density at radius 1 is 1.20 bits per heavy atom. The molecule has 0 aromatic carbocycles. The van der Waals surface area contributed by atoms with Gasteiger partial charge in [-0.3, -0.25) is 4.90 Å². The minimum atomic E-state index is 0.180. The molecule has 2 heterocycles. The van der Waals surface area contributed by atoms with Crippen LogP contribution in [0.25, 0.3) is 0 Å². The van der Waals surface area contributed by atoms with Gasteiger partial charge in [0.15, 0.2) is 0 Å². The van der Waals surface area contributed by atoms with E-state index >= 15 is 0 Å². The number of rotatable bonds is 4. The van der Waals surface area contributed by atoms with Crippen LogP contribution in [0, 0.1) is 0 Å². The van der Waals surface area contributed by atoms with Gasteiger partial charge in [0.25, 0.3) is 0 Å². The Morgan fingerprint density at radius 3 is 2.40 bits per heavy atom. The second kappa shape index (κ2) is 6.56. The summed E-state index contributed by atoms with van der Waals surface area (Å²) in [6, 6.07) is 4.53. The van der Waals surface area contributed by atoms with Crippen molar-refractivity contribution in [3.8, 4) is 0 Å². The Labute approximate surface area is 127 Å². The molecule has 1 saturated heterocycles. The summed E-state index contributed by atoms with van der Waals surface area (Å²) >= 11 is 1.92. The van der Waals surface area contributed by atoms with E-state index < -0.39 is 0 Å². The summed E-state index contributed by atoms with van der Waals surface area (Å²) in [7, 11) is 0. The highest BCUT2D eigenvalue weighted by Gasteiger charge is 2.22. The van der Waals surface area contributed by atoms with Crippen LogP contribution in [0.15, 0.2) is 12.1 Å². The number of hydrogen-bond acceptors (Lipinski definition) is 4. The number of nitrogens with zero attached hydrogens (tertiary/aromatic N) is 1. The molecule has 2 atom stereocenters. The quantitative estimate of drug-likeness (QED) is 0.923. The molecule has 0 aliphatic carbocycles. The molecule has 1 aromatic heterocycles. The van der Waals surface area contributed by atoms with Crippen LogP contribution < -0.4 is 5.32 Å². The van der Waals surface area contributed by atoms with E-state index in [4.69, 9.17) is 4.74 Å². The maximum atomic E-state index is 5.79. The normalized spacial score (nSPS) is 25.1. The Bertz CT molecular complexity index is 414. The summed E-state index contributed by atoms with van der Waals surface area (Å²) in [6.45, 7) is 15.0. The van der Waals surface area contributed by atoms with Crippen molar-refractivity contribution >= 4 is 11.3 Å². The minimum absolute atomic E-state index is 0.180. The van der Waals surface area contributed by atoms with Crippen LogP contribution in [0.5, 0.6) is 0 Å². The van der Waals surface area contributed by atoms with Crippen LogP contribution in [-0.2, 0) is 17.8 Å². The molecule has 1 aromatic rings. The first-order chi connectivity index (χ1) is 9.32. The van der Waals surface area contributed by atoms with Crippen LogP contribution in [0.3, 0.4) is 0 Å². The molecule has 1 aliphatic rings. The predicted octanol–water partition coefficient (Wildman–Crippen LogP) is 3.25. The number of hydrogen-bond donors (Lipinski definition) is 1. The smallest absolute Gasteiger partial charge is 0.0678 e. The highest BCUT2D eigenvalue weighted by Crippen LogP contribution is 2.21. The summed E-state index contributed by atoms with van der Waals surface area (Å²) < 4.78 is 5.79. The van der Waals surface area contributed by atoms with Crippen LogP contribution in [0.4, 0.5) is 0 Å². The maximum absolute atomic E-state index is 5.79. The van der Waals surface area contributed by atoms with Gasteiger partial charge in [0.05, 0.1) is 12.2 Å². The third kappa shape index (κ3) is 5.17. The molecule has 1 N–H and O–H groups in total. The van der Waals surface area contributed by atoms with Crippen LogP contribution >= 0.6 is 11.3 Å². The Kier molecular flexibility index (Phi) is 5.24. The van der Waals surface area contributed by atoms with Gasteiger partial charge in [-0.2, -0.15) is 0 Å². The molecule has 1 aliphatic heterocycles. The van der Waals surface area contributed by atoms with Crippen LogP contribution in [-0.4, -0.2) is 35.7 Å². The summed E-state index contributed by atoms with van der Waals surface area (Å²) in [5.74, 6) is 0. The molecule has 1 fully saturated rings. The first-order valence-electron chi connectivity index (χ1n) is 7.52. The molecule has 3 nitrogen and oxygen atoms in total. The fourth-order valence-electron chi connectivity index (χ4n) is 2.59. The molecule has 20 heavy (non-hydrogen) atoms. The van der Waals surface area contributed by atoms with Crippen LogP contribution in [0.2, 0.25) is 0 Å². The molecule has 4 heteroatoms. The monoisotopic (exact) mass is 296 g/mol. The van der Waals surface area contributed by atoms with Gasteiger partial charge in [-0.25, -0.2) is 0 Å². The van der Waals surface area contributed by atoms with E-state index in [1.54, 1.807) is 0 Å². The van der Waals surface area contributed by atoms with Gasteiger partial charge in [0, 0.05) is 41.5 Å². The van der Waals surface area contributed by atoms with Crippen molar-refractivity contribution in [3.63, 3.8) is 0 Å². The van der Waals surface area contributed by atoms with Crippen molar-refractivity contribution < 1.29 is 4.74 Å². The lowest BCUT2D eigenvalue weighted by atomic mass is 10.1. The molecule has 0 amide bonds. The van der Waals surface area contributed by atoms with Gasteiger partial charge in [-0.1, -0.05) is 0 Å². The van der Waals surface area contributed by atoms with Crippen molar-refractivity contribution in [2.75, 3.05) is 13.1 Å². The first kappa shape index (κ1) is 16.0. The third-order valence-corrected chi connectivity index (χ3v) is 4.45. The summed E-state index contributed by atoms with van der Waals surface area (Å²) in [4.78, 5) is 5.38. The van der Waals surface area contributed by atoms with E-state index in [2.05, 4.69) is 57.0 Å². The second-order valence-corrected chi connectivity index (χ2v) is 8.18. The zero-order valence-electron chi connectivity index (χ0n) is 13.4. The van der Waals surface area contributed by atoms with Gasteiger partial charge in [0.2, 0.25) is 0 Å². The van der Waals surface area contributed by atoms with E-state index in [9.17, 15) is 0 Å². The Hall–Kier alpha value is -0.420. The molecule has 2 rings (SSSR count). The van der Waals surface area contributed by atoms with E-state index in [0.29, 0.717) is 12.2 Å². The molecule has 0 bridgehead atoms. The highest BCUT2D eigenvalue weighted by atomic mass is 32.1. The number of thiophene rings is 1. The third-order valence-electron chi connectivity index (χ3n) is 3.38. The highest BCUT2D eigenvalue weighted by molar-refractivity contribution is 7.11.